The van der Waals surface area contributed by atoms with Crippen LogP contribution < -0.4 is 5.32 Å². The zero-order chi connectivity index (χ0) is 54.7. The number of carbonyl (C=O) groups is 2. The molecule has 11 nitrogen and oxygen atoms in total. The van der Waals surface area contributed by atoms with E-state index in [1.807, 2.05) is 6.08 Å². The van der Waals surface area contributed by atoms with Gasteiger partial charge in [-0.3, -0.25) is 9.59 Å². The van der Waals surface area contributed by atoms with E-state index >= 15 is 0 Å². The number of aliphatic hydroxyl groups is 5. The van der Waals surface area contributed by atoms with Crippen molar-refractivity contribution in [3.63, 3.8) is 0 Å². The molecule has 0 saturated carbocycles. The summed E-state index contributed by atoms with van der Waals surface area (Å²) in [4.78, 5) is 26.5. The Morgan fingerprint density at radius 3 is 1.39 bits per heavy atom. The van der Waals surface area contributed by atoms with Crippen LogP contribution in [0.3, 0.4) is 0 Å². The monoisotopic (exact) mass is 1060 g/mol. The highest BCUT2D eigenvalue weighted by Crippen LogP contribution is 2.26. The van der Waals surface area contributed by atoms with Crippen LogP contribution in [0.4, 0.5) is 0 Å². The molecule has 0 bridgehead atoms. The third-order valence-electron chi connectivity index (χ3n) is 15.0. The summed E-state index contributed by atoms with van der Waals surface area (Å²) in [7, 11) is 0. The van der Waals surface area contributed by atoms with E-state index in [1.165, 1.54) is 186 Å². The second-order valence-electron chi connectivity index (χ2n) is 22.1. The smallest absolute Gasteiger partial charge is 0.306 e. The molecule has 1 aliphatic rings. The Morgan fingerprint density at radius 2 is 0.920 bits per heavy atom. The Hall–Kier alpha value is -2.12. The first-order valence-electron chi connectivity index (χ1n) is 31.8. The van der Waals surface area contributed by atoms with E-state index in [0.717, 1.165) is 64.2 Å². The van der Waals surface area contributed by atoms with Gasteiger partial charge in [-0.25, -0.2) is 0 Å². The third kappa shape index (κ3) is 40.7. The number of ether oxygens (including phenoxy) is 3. The third-order valence-corrected chi connectivity index (χ3v) is 15.0. The van der Waals surface area contributed by atoms with Crippen molar-refractivity contribution < 1.29 is 49.3 Å². The summed E-state index contributed by atoms with van der Waals surface area (Å²) in [6.07, 6.45) is 51.8. The molecule has 0 radical (unpaired) electrons. The Balaban J connectivity index is 2.64. The van der Waals surface area contributed by atoms with E-state index in [0.29, 0.717) is 19.3 Å². The zero-order valence-corrected chi connectivity index (χ0v) is 48.7. The summed E-state index contributed by atoms with van der Waals surface area (Å²) in [6, 6.07) is -1.02. The average Bonchev–Trinajstić information content (AvgIpc) is 3.41. The quantitative estimate of drug-likeness (QED) is 0.0195. The number of amides is 1. The highest BCUT2D eigenvalue weighted by Gasteiger charge is 2.47. The van der Waals surface area contributed by atoms with E-state index < -0.39 is 67.4 Å². The van der Waals surface area contributed by atoms with Crippen LogP contribution in [0.2, 0.25) is 0 Å². The number of unbranched alkanes of at least 4 members (excludes halogenated alkanes) is 36. The van der Waals surface area contributed by atoms with Crippen LogP contribution in [0, 0.1) is 0 Å². The number of hydrogen-bond acceptors (Lipinski definition) is 10. The molecule has 8 unspecified atom stereocenters. The maximum Gasteiger partial charge on any atom is 0.306 e. The predicted molar refractivity (Wildman–Crippen MR) is 311 cm³/mol. The number of hydrogen-bond donors (Lipinski definition) is 6. The second kappa shape index (κ2) is 52.6. The van der Waals surface area contributed by atoms with Crippen LogP contribution in [0.1, 0.15) is 297 Å². The van der Waals surface area contributed by atoms with Crippen molar-refractivity contribution in [1.82, 2.24) is 5.32 Å². The van der Waals surface area contributed by atoms with Crippen molar-refractivity contribution in [3.8, 4) is 0 Å². The first-order chi connectivity index (χ1) is 36.7. The second-order valence-corrected chi connectivity index (χ2v) is 22.1. The van der Waals surface area contributed by atoms with Crippen molar-refractivity contribution in [2.45, 2.75) is 346 Å². The lowest BCUT2D eigenvalue weighted by atomic mass is 9.99. The van der Waals surface area contributed by atoms with Gasteiger partial charge in [0.25, 0.3) is 0 Å². The maximum atomic E-state index is 13.4. The fourth-order valence-corrected chi connectivity index (χ4v) is 9.98. The molecule has 440 valence electrons. The van der Waals surface area contributed by atoms with Crippen molar-refractivity contribution in [3.05, 3.63) is 36.5 Å². The molecule has 75 heavy (non-hydrogen) atoms. The van der Waals surface area contributed by atoms with E-state index in [1.54, 1.807) is 6.08 Å². The molecule has 1 aliphatic heterocycles. The standard InChI is InChI=1S/C64H119NO10/c1-4-7-10-13-16-19-22-25-26-27-28-29-30-31-32-34-37-40-43-46-49-52-59(69)75-62-61(71)60(70)58(53-66)74-64(62)73-54-55(56(67)50-47-44-41-38-36-33-23-20-17-14-11-8-5-2)65-63(72)57(68)51-48-45-42-39-35-24-21-18-15-12-9-6-3/h16,19,25-26,47,50,55-58,60-62,64,66-68,70-71H,4-15,17-18,20-24,27-46,48-49,51-54H2,1-3H3,(H,65,72)/b19-16-,26-25-,50-47+. The lowest BCUT2D eigenvalue weighted by Crippen LogP contribution is -2.61. The van der Waals surface area contributed by atoms with Gasteiger partial charge in [-0.15, -0.1) is 0 Å². The maximum absolute atomic E-state index is 13.4. The van der Waals surface area contributed by atoms with Crippen LogP contribution in [0.5, 0.6) is 0 Å². The van der Waals surface area contributed by atoms with Gasteiger partial charge in [0.05, 0.1) is 25.4 Å². The highest BCUT2D eigenvalue weighted by molar-refractivity contribution is 5.80. The van der Waals surface area contributed by atoms with Crippen LogP contribution in [-0.2, 0) is 23.8 Å². The van der Waals surface area contributed by atoms with Crippen molar-refractivity contribution in [2.24, 2.45) is 0 Å². The molecule has 0 aliphatic carbocycles. The lowest BCUT2D eigenvalue weighted by Gasteiger charge is -2.41. The van der Waals surface area contributed by atoms with Gasteiger partial charge in [0.1, 0.15) is 24.4 Å². The minimum atomic E-state index is -1.61. The Bertz CT molecular complexity index is 1360. The van der Waals surface area contributed by atoms with Crippen LogP contribution in [-0.4, -0.2) is 99.6 Å². The molecule has 1 fully saturated rings. The zero-order valence-electron chi connectivity index (χ0n) is 48.7. The normalized spacial score (nSPS) is 19.4. The van der Waals surface area contributed by atoms with Crippen LogP contribution in [0.15, 0.2) is 36.5 Å². The molecule has 0 aromatic rings. The van der Waals surface area contributed by atoms with Gasteiger partial charge in [0.2, 0.25) is 5.91 Å². The molecular formula is C64H119NO10. The topological polar surface area (TPSA) is 175 Å². The molecular weight excluding hydrogens is 943 g/mol. The molecule has 1 heterocycles. The number of nitrogens with one attached hydrogen (secondary N) is 1. The van der Waals surface area contributed by atoms with Crippen molar-refractivity contribution in [1.29, 1.82) is 0 Å². The molecule has 1 rings (SSSR count). The predicted octanol–water partition coefficient (Wildman–Crippen LogP) is 15.1. The van der Waals surface area contributed by atoms with Gasteiger partial charge in [-0.05, 0) is 57.8 Å². The molecule has 0 aromatic carbocycles. The van der Waals surface area contributed by atoms with Gasteiger partial charge in [-0.2, -0.15) is 0 Å². The minimum Gasteiger partial charge on any atom is -0.454 e. The summed E-state index contributed by atoms with van der Waals surface area (Å²) in [5.41, 5.74) is 0. The summed E-state index contributed by atoms with van der Waals surface area (Å²) >= 11 is 0. The summed E-state index contributed by atoms with van der Waals surface area (Å²) in [5.74, 6) is -1.19. The largest absolute Gasteiger partial charge is 0.454 e. The lowest BCUT2D eigenvalue weighted by molar-refractivity contribution is -0.305. The fourth-order valence-electron chi connectivity index (χ4n) is 9.98. The van der Waals surface area contributed by atoms with Gasteiger partial charge in [-0.1, -0.05) is 269 Å². The fraction of sp³-hybridized carbons (Fsp3) is 0.875. The average molecular weight is 1060 g/mol. The van der Waals surface area contributed by atoms with Crippen molar-refractivity contribution in [2.75, 3.05) is 13.2 Å². The van der Waals surface area contributed by atoms with Gasteiger partial charge < -0.3 is 45.1 Å². The van der Waals surface area contributed by atoms with Gasteiger partial charge >= 0.3 is 5.97 Å². The molecule has 0 aromatic heterocycles. The number of aliphatic hydroxyl groups excluding tert-OH is 5. The van der Waals surface area contributed by atoms with E-state index in [9.17, 15) is 35.1 Å². The number of rotatable bonds is 54. The van der Waals surface area contributed by atoms with E-state index in [4.69, 9.17) is 14.2 Å². The molecule has 6 N–H and O–H groups in total. The van der Waals surface area contributed by atoms with Gasteiger partial charge in [0, 0.05) is 6.42 Å². The summed E-state index contributed by atoms with van der Waals surface area (Å²) in [5, 5.41) is 57.0. The van der Waals surface area contributed by atoms with E-state index in [2.05, 4.69) is 50.4 Å². The van der Waals surface area contributed by atoms with Crippen LogP contribution >= 0.6 is 0 Å². The molecule has 8 atom stereocenters. The number of esters is 1. The Labute approximate surface area is 460 Å². The summed E-state index contributed by atoms with van der Waals surface area (Å²) in [6.45, 7) is 5.78. The molecule has 11 heteroatoms. The Morgan fingerprint density at radius 1 is 0.520 bits per heavy atom. The van der Waals surface area contributed by atoms with Crippen molar-refractivity contribution >= 4 is 11.9 Å². The first-order valence-corrected chi connectivity index (χ1v) is 31.8. The van der Waals surface area contributed by atoms with E-state index in [-0.39, 0.29) is 13.0 Å². The molecule has 1 saturated heterocycles. The summed E-state index contributed by atoms with van der Waals surface area (Å²) < 4.78 is 17.6. The molecule has 1 amide bonds. The van der Waals surface area contributed by atoms with Crippen LogP contribution in [0.25, 0.3) is 0 Å². The minimum absolute atomic E-state index is 0.124. The van der Waals surface area contributed by atoms with Gasteiger partial charge in [0.15, 0.2) is 12.4 Å². The Kier molecular flexibility index (Phi) is 49.7. The highest BCUT2D eigenvalue weighted by atomic mass is 16.7. The SMILES string of the molecule is CCCCC/C=C\C/C=C\CCCCCCCCCCCCCC(=O)OC1C(OCC(NC(=O)C(O)CCCCCCCCCCCCCC)C(O)/C=C/CCCCCCCCCCCCC)OC(CO)C(O)C1O. The molecule has 0 spiro atoms. The number of allylic oxidation sites excluding steroid dienone is 5. The first kappa shape index (κ1) is 70.9. The number of carbonyl (C=O) groups excluding carboxylic acids is 2.